The van der Waals surface area contributed by atoms with Crippen LogP contribution in [0.5, 0.6) is 0 Å². The number of hydrogen-bond acceptors (Lipinski definition) is 4. The molecule has 18 heavy (non-hydrogen) atoms. The van der Waals surface area contributed by atoms with E-state index in [-0.39, 0.29) is 6.04 Å². The van der Waals surface area contributed by atoms with Gasteiger partial charge in [-0.1, -0.05) is 13.8 Å². The van der Waals surface area contributed by atoms with Crippen molar-refractivity contribution in [1.29, 1.82) is 5.26 Å². The van der Waals surface area contributed by atoms with E-state index in [1.165, 1.54) is 0 Å². The molecule has 1 aromatic rings. The minimum absolute atomic E-state index is 0.159. The van der Waals surface area contributed by atoms with E-state index < -0.39 is 0 Å². The lowest BCUT2D eigenvalue weighted by Crippen LogP contribution is -2.31. The van der Waals surface area contributed by atoms with Crippen LogP contribution >= 0.6 is 0 Å². The fourth-order valence-corrected chi connectivity index (χ4v) is 1.63. The normalized spacial score (nSPS) is 12.2. The molecule has 0 amide bonds. The Morgan fingerprint density at radius 3 is 2.78 bits per heavy atom. The number of anilines is 1. The summed E-state index contributed by atoms with van der Waals surface area (Å²) < 4.78 is 5.46. The summed E-state index contributed by atoms with van der Waals surface area (Å²) in [6.45, 7) is 9.45. The van der Waals surface area contributed by atoms with Crippen molar-refractivity contribution in [3.05, 3.63) is 23.4 Å². The van der Waals surface area contributed by atoms with Gasteiger partial charge in [0.05, 0.1) is 18.2 Å². The molecule has 0 saturated carbocycles. The first-order valence-electron chi connectivity index (χ1n) is 6.30. The number of ether oxygens (including phenoxy) is 1. The number of hydrogen-bond donors (Lipinski definition) is 1. The predicted octanol–water partition coefficient (Wildman–Crippen LogP) is 2.73. The SMILES string of the molecule is CCOCC(Nc1nccc(C)c1C#N)C(C)C. The van der Waals surface area contributed by atoms with Crippen LogP contribution in [0.3, 0.4) is 0 Å². The first-order chi connectivity index (χ1) is 8.60. The van der Waals surface area contributed by atoms with Gasteiger partial charge in [0.2, 0.25) is 0 Å². The third-order valence-corrected chi connectivity index (χ3v) is 2.90. The zero-order valence-corrected chi connectivity index (χ0v) is 11.5. The Bertz CT molecular complexity index is 424. The fourth-order valence-electron chi connectivity index (χ4n) is 1.63. The minimum Gasteiger partial charge on any atom is -0.380 e. The van der Waals surface area contributed by atoms with Gasteiger partial charge in [0.1, 0.15) is 11.9 Å². The summed E-state index contributed by atoms with van der Waals surface area (Å²) in [7, 11) is 0. The van der Waals surface area contributed by atoms with E-state index in [1.54, 1.807) is 6.20 Å². The van der Waals surface area contributed by atoms with Gasteiger partial charge >= 0.3 is 0 Å². The third kappa shape index (κ3) is 3.71. The van der Waals surface area contributed by atoms with Crippen molar-refractivity contribution in [2.45, 2.75) is 33.7 Å². The van der Waals surface area contributed by atoms with Crippen molar-refractivity contribution in [3.63, 3.8) is 0 Å². The first-order valence-corrected chi connectivity index (χ1v) is 6.30. The molecule has 1 N–H and O–H groups in total. The van der Waals surface area contributed by atoms with Crippen LogP contribution in [0, 0.1) is 24.2 Å². The molecule has 0 spiro atoms. The summed E-state index contributed by atoms with van der Waals surface area (Å²) in [6.07, 6.45) is 1.72. The largest absolute Gasteiger partial charge is 0.380 e. The summed E-state index contributed by atoms with van der Waals surface area (Å²) in [5, 5.41) is 12.5. The van der Waals surface area contributed by atoms with Crippen molar-refractivity contribution in [1.82, 2.24) is 4.98 Å². The molecule has 1 heterocycles. The molecule has 0 aliphatic rings. The molecule has 4 heteroatoms. The van der Waals surface area contributed by atoms with E-state index in [1.807, 2.05) is 19.9 Å². The van der Waals surface area contributed by atoms with E-state index in [2.05, 4.69) is 30.2 Å². The number of aryl methyl sites for hydroxylation is 1. The van der Waals surface area contributed by atoms with Crippen molar-refractivity contribution in [3.8, 4) is 6.07 Å². The quantitative estimate of drug-likeness (QED) is 0.839. The Balaban J connectivity index is 2.87. The van der Waals surface area contributed by atoms with Crippen LogP contribution in [-0.4, -0.2) is 24.2 Å². The highest BCUT2D eigenvalue weighted by atomic mass is 16.5. The number of rotatable bonds is 6. The smallest absolute Gasteiger partial charge is 0.144 e. The first kappa shape index (κ1) is 14.5. The minimum atomic E-state index is 0.159. The highest BCUT2D eigenvalue weighted by Crippen LogP contribution is 2.18. The van der Waals surface area contributed by atoms with Crippen molar-refractivity contribution in [2.75, 3.05) is 18.5 Å². The Labute approximate surface area is 109 Å². The Morgan fingerprint density at radius 1 is 1.50 bits per heavy atom. The van der Waals surface area contributed by atoms with Gasteiger partial charge in [-0.25, -0.2) is 4.98 Å². The van der Waals surface area contributed by atoms with Gasteiger partial charge in [0.15, 0.2) is 0 Å². The highest BCUT2D eigenvalue weighted by Gasteiger charge is 2.16. The summed E-state index contributed by atoms with van der Waals surface area (Å²) in [5.41, 5.74) is 1.55. The summed E-state index contributed by atoms with van der Waals surface area (Å²) in [4.78, 5) is 4.25. The molecule has 4 nitrogen and oxygen atoms in total. The third-order valence-electron chi connectivity index (χ3n) is 2.90. The van der Waals surface area contributed by atoms with E-state index in [9.17, 15) is 0 Å². The van der Waals surface area contributed by atoms with Gasteiger partial charge in [0.25, 0.3) is 0 Å². The topological polar surface area (TPSA) is 57.9 Å². The molecular weight excluding hydrogens is 226 g/mol. The molecule has 1 aromatic heterocycles. The number of nitrogens with one attached hydrogen (secondary N) is 1. The van der Waals surface area contributed by atoms with Crippen LogP contribution in [0.25, 0.3) is 0 Å². The molecule has 0 radical (unpaired) electrons. The highest BCUT2D eigenvalue weighted by molar-refractivity contribution is 5.55. The van der Waals surface area contributed by atoms with Crippen LogP contribution in [0.2, 0.25) is 0 Å². The van der Waals surface area contributed by atoms with E-state index in [0.29, 0.717) is 30.5 Å². The summed E-state index contributed by atoms with van der Waals surface area (Å²) >= 11 is 0. The van der Waals surface area contributed by atoms with Crippen LogP contribution in [-0.2, 0) is 4.74 Å². The lowest BCUT2D eigenvalue weighted by molar-refractivity contribution is 0.126. The molecule has 0 aliphatic heterocycles. The Morgan fingerprint density at radius 2 is 2.22 bits per heavy atom. The zero-order chi connectivity index (χ0) is 13.5. The van der Waals surface area contributed by atoms with Gasteiger partial charge in [-0.05, 0) is 31.4 Å². The molecule has 1 unspecified atom stereocenters. The lowest BCUT2D eigenvalue weighted by atomic mass is 10.0. The van der Waals surface area contributed by atoms with Crippen LogP contribution in [0.1, 0.15) is 31.9 Å². The number of nitrogens with zero attached hydrogens (tertiary/aromatic N) is 2. The molecule has 1 rings (SSSR count). The Kier molecular flexibility index (Phi) is 5.60. The molecule has 98 valence electrons. The molecular formula is C14H21N3O. The average Bonchev–Trinajstić information content (AvgIpc) is 2.34. The van der Waals surface area contributed by atoms with Crippen molar-refractivity contribution >= 4 is 5.82 Å². The standard InChI is InChI=1S/C14H21N3O/c1-5-18-9-13(10(2)3)17-14-12(8-15)11(4)6-7-16-14/h6-7,10,13H,5,9H2,1-4H3,(H,16,17). The fraction of sp³-hybridized carbons (Fsp3) is 0.571. The molecule has 0 bridgehead atoms. The van der Waals surface area contributed by atoms with Gasteiger partial charge in [0, 0.05) is 12.8 Å². The van der Waals surface area contributed by atoms with Gasteiger partial charge in [-0.3, -0.25) is 0 Å². The maximum Gasteiger partial charge on any atom is 0.144 e. The molecule has 0 aromatic carbocycles. The van der Waals surface area contributed by atoms with E-state index in [4.69, 9.17) is 10.00 Å². The number of aromatic nitrogens is 1. The average molecular weight is 247 g/mol. The number of pyridine rings is 1. The number of nitriles is 1. The lowest BCUT2D eigenvalue weighted by Gasteiger charge is -2.23. The van der Waals surface area contributed by atoms with Gasteiger partial charge in [-0.15, -0.1) is 0 Å². The zero-order valence-electron chi connectivity index (χ0n) is 11.5. The van der Waals surface area contributed by atoms with Crippen molar-refractivity contribution < 1.29 is 4.74 Å². The van der Waals surface area contributed by atoms with E-state index >= 15 is 0 Å². The maximum atomic E-state index is 9.17. The molecule has 1 atom stereocenters. The summed E-state index contributed by atoms with van der Waals surface area (Å²) in [6, 6.07) is 4.20. The van der Waals surface area contributed by atoms with Crippen molar-refractivity contribution in [2.24, 2.45) is 5.92 Å². The molecule has 0 aliphatic carbocycles. The van der Waals surface area contributed by atoms with Gasteiger partial charge < -0.3 is 10.1 Å². The van der Waals surface area contributed by atoms with Gasteiger partial charge in [-0.2, -0.15) is 5.26 Å². The monoisotopic (exact) mass is 247 g/mol. The van der Waals surface area contributed by atoms with Crippen LogP contribution in [0.4, 0.5) is 5.82 Å². The second-order valence-corrected chi connectivity index (χ2v) is 4.62. The second-order valence-electron chi connectivity index (χ2n) is 4.62. The molecule has 0 saturated heterocycles. The predicted molar refractivity (Wildman–Crippen MR) is 72.4 cm³/mol. The maximum absolute atomic E-state index is 9.17. The second kappa shape index (κ2) is 6.97. The van der Waals surface area contributed by atoms with Crippen LogP contribution < -0.4 is 5.32 Å². The van der Waals surface area contributed by atoms with E-state index in [0.717, 1.165) is 5.56 Å². The van der Waals surface area contributed by atoms with Crippen LogP contribution in [0.15, 0.2) is 12.3 Å². The summed E-state index contributed by atoms with van der Waals surface area (Å²) in [5.74, 6) is 1.06. The molecule has 0 fully saturated rings. The Hall–Kier alpha value is -1.60.